The molecule has 0 spiro atoms. The quantitative estimate of drug-likeness (QED) is 0.782. The van der Waals surface area contributed by atoms with E-state index < -0.39 is 0 Å². The highest BCUT2D eigenvalue weighted by atomic mass is 35.5. The van der Waals surface area contributed by atoms with Crippen LogP contribution in [0, 0.1) is 0 Å². The first-order valence-corrected chi connectivity index (χ1v) is 6.44. The third kappa shape index (κ3) is 2.67. The highest BCUT2D eigenvalue weighted by Crippen LogP contribution is 2.30. The van der Waals surface area contributed by atoms with Gasteiger partial charge in [-0.3, -0.25) is 4.98 Å². The molecule has 0 bridgehead atoms. The van der Waals surface area contributed by atoms with Crippen molar-refractivity contribution in [1.29, 1.82) is 0 Å². The van der Waals surface area contributed by atoms with Gasteiger partial charge in [-0.2, -0.15) is 0 Å². The summed E-state index contributed by atoms with van der Waals surface area (Å²) >= 11 is 13.4. The first kappa shape index (κ1) is 11.7. The zero-order chi connectivity index (χ0) is 11.4. The molecule has 0 radical (unpaired) electrons. The van der Waals surface area contributed by atoms with Crippen LogP contribution in [0.5, 0.6) is 5.75 Å². The topological polar surface area (TPSA) is 22.1 Å². The van der Waals surface area contributed by atoms with Crippen LogP contribution in [0.1, 0.15) is 10.4 Å². The number of hydrogen-bond acceptors (Lipinski definition) is 3. The van der Waals surface area contributed by atoms with Crippen molar-refractivity contribution in [3.05, 3.63) is 45.4 Å². The van der Waals surface area contributed by atoms with Gasteiger partial charge in [0.1, 0.15) is 12.4 Å². The zero-order valence-corrected chi connectivity index (χ0v) is 10.6. The maximum Gasteiger partial charge on any atom is 0.142 e. The largest absolute Gasteiger partial charge is 0.486 e. The third-order valence-electron chi connectivity index (χ3n) is 2.03. The molecule has 0 aliphatic rings. The molecule has 2 rings (SSSR count). The molecular formula is C11H9Cl2NOS. The summed E-state index contributed by atoms with van der Waals surface area (Å²) in [5, 5.41) is 0.586. The SMILES string of the molecule is ClCc1cccc(Cl)c1OCc1cncs1. The fraction of sp³-hybridized carbons (Fsp3) is 0.182. The zero-order valence-electron chi connectivity index (χ0n) is 8.32. The Hall–Kier alpha value is -0.770. The maximum absolute atomic E-state index is 6.05. The predicted molar refractivity (Wildman–Crippen MR) is 67.5 cm³/mol. The Morgan fingerprint density at radius 1 is 1.38 bits per heavy atom. The molecule has 0 atom stereocenters. The van der Waals surface area contributed by atoms with E-state index in [9.17, 15) is 0 Å². The van der Waals surface area contributed by atoms with Gasteiger partial charge in [-0.15, -0.1) is 22.9 Å². The summed E-state index contributed by atoms with van der Waals surface area (Å²) in [7, 11) is 0. The molecule has 0 aliphatic heterocycles. The Labute approximate surface area is 108 Å². The van der Waals surface area contributed by atoms with Gasteiger partial charge < -0.3 is 4.74 Å². The standard InChI is InChI=1S/C11H9Cl2NOS/c12-4-8-2-1-3-10(13)11(8)15-6-9-5-14-7-16-9/h1-3,5,7H,4,6H2. The van der Waals surface area contributed by atoms with Gasteiger partial charge in [-0.1, -0.05) is 23.7 Å². The van der Waals surface area contributed by atoms with Gasteiger partial charge in [0.15, 0.2) is 0 Å². The van der Waals surface area contributed by atoms with Gasteiger partial charge >= 0.3 is 0 Å². The van der Waals surface area contributed by atoms with Crippen molar-refractivity contribution in [3.8, 4) is 5.75 Å². The fourth-order valence-electron chi connectivity index (χ4n) is 1.28. The number of ether oxygens (including phenoxy) is 1. The number of halogens is 2. The summed E-state index contributed by atoms with van der Waals surface area (Å²) in [6.07, 6.45) is 1.78. The number of hydrogen-bond donors (Lipinski definition) is 0. The molecule has 0 N–H and O–H groups in total. The molecule has 0 amide bonds. The molecule has 0 aliphatic carbocycles. The summed E-state index contributed by atoms with van der Waals surface area (Å²) in [5.41, 5.74) is 2.67. The molecule has 84 valence electrons. The summed E-state index contributed by atoms with van der Waals surface area (Å²) in [6, 6.07) is 5.56. The normalized spacial score (nSPS) is 10.4. The average Bonchev–Trinajstić information content (AvgIpc) is 2.80. The number of alkyl halides is 1. The van der Waals surface area contributed by atoms with E-state index in [0.717, 1.165) is 10.4 Å². The summed E-state index contributed by atoms with van der Waals surface area (Å²) in [5.74, 6) is 1.05. The lowest BCUT2D eigenvalue weighted by Gasteiger charge is -2.10. The Morgan fingerprint density at radius 2 is 2.25 bits per heavy atom. The lowest BCUT2D eigenvalue weighted by Crippen LogP contribution is -1.96. The van der Waals surface area contributed by atoms with Crippen molar-refractivity contribution >= 4 is 34.5 Å². The lowest BCUT2D eigenvalue weighted by atomic mass is 10.2. The average molecular weight is 274 g/mol. The van der Waals surface area contributed by atoms with Crippen LogP contribution in [0.25, 0.3) is 0 Å². The molecule has 5 heteroatoms. The van der Waals surface area contributed by atoms with Crippen molar-refractivity contribution < 1.29 is 4.74 Å². The molecule has 1 aromatic carbocycles. The number of benzene rings is 1. The van der Waals surface area contributed by atoms with E-state index in [1.165, 1.54) is 0 Å². The van der Waals surface area contributed by atoms with Crippen LogP contribution in [0.3, 0.4) is 0 Å². The van der Waals surface area contributed by atoms with Gasteiger partial charge in [-0.05, 0) is 6.07 Å². The van der Waals surface area contributed by atoms with Crippen LogP contribution in [0.4, 0.5) is 0 Å². The van der Waals surface area contributed by atoms with Crippen LogP contribution in [0.2, 0.25) is 5.02 Å². The molecule has 1 heterocycles. The third-order valence-corrected chi connectivity index (χ3v) is 3.37. The van der Waals surface area contributed by atoms with E-state index in [4.69, 9.17) is 27.9 Å². The molecular weight excluding hydrogens is 265 g/mol. The second-order valence-corrected chi connectivity index (χ2v) is 4.76. The molecule has 0 saturated carbocycles. The first-order valence-electron chi connectivity index (χ1n) is 4.65. The van der Waals surface area contributed by atoms with Crippen LogP contribution in [0.15, 0.2) is 29.9 Å². The number of nitrogens with zero attached hydrogens (tertiary/aromatic N) is 1. The predicted octanol–water partition coefficient (Wildman–Crippen LogP) is 4.11. The van der Waals surface area contributed by atoms with Crippen molar-refractivity contribution in [2.75, 3.05) is 0 Å². The highest BCUT2D eigenvalue weighted by Gasteiger charge is 2.08. The fourth-order valence-corrected chi connectivity index (χ4v) is 2.24. The minimum atomic E-state index is 0.387. The first-order chi connectivity index (χ1) is 7.81. The van der Waals surface area contributed by atoms with Crippen molar-refractivity contribution in [1.82, 2.24) is 4.98 Å². The van der Waals surface area contributed by atoms with E-state index in [1.54, 1.807) is 29.1 Å². The molecule has 2 aromatic rings. The van der Waals surface area contributed by atoms with Gasteiger partial charge in [0, 0.05) is 11.8 Å². The number of para-hydroxylation sites is 1. The van der Waals surface area contributed by atoms with E-state index in [-0.39, 0.29) is 0 Å². The van der Waals surface area contributed by atoms with Crippen LogP contribution in [-0.2, 0) is 12.5 Å². The molecule has 16 heavy (non-hydrogen) atoms. The summed E-state index contributed by atoms with van der Waals surface area (Å²) < 4.78 is 5.66. The molecule has 0 saturated heterocycles. The van der Waals surface area contributed by atoms with Crippen molar-refractivity contribution in [2.45, 2.75) is 12.5 Å². The Morgan fingerprint density at radius 3 is 2.94 bits per heavy atom. The monoisotopic (exact) mass is 273 g/mol. The number of aromatic nitrogens is 1. The van der Waals surface area contributed by atoms with E-state index >= 15 is 0 Å². The second kappa shape index (κ2) is 5.53. The van der Waals surface area contributed by atoms with Crippen LogP contribution >= 0.6 is 34.5 Å². The molecule has 1 aromatic heterocycles. The maximum atomic E-state index is 6.05. The van der Waals surface area contributed by atoms with E-state index in [0.29, 0.717) is 23.3 Å². The lowest BCUT2D eigenvalue weighted by molar-refractivity contribution is 0.307. The van der Waals surface area contributed by atoms with Crippen molar-refractivity contribution in [3.63, 3.8) is 0 Å². The van der Waals surface area contributed by atoms with Gasteiger partial charge in [-0.25, -0.2) is 0 Å². The van der Waals surface area contributed by atoms with Gasteiger partial charge in [0.25, 0.3) is 0 Å². The molecule has 2 nitrogen and oxygen atoms in total. The Balaban J connectivity index is 2.14. The van der Waals surface area contributed by atoms with Crippen LogP contribution in [-0.4, -0.2) is 4.98 Å². The summed E-state index contributed by atoms with van der Waals surface area (Å²) in [4.78, 5) is 5.03. The minimum Gasteiger partial charge on any atom is -0.486 e. The molecule has 0 fully saturated rings. The Kier molecular flexibility index (Phi) is 4.04. The smallest absolute Gasteiger partial charge is 0.142 e. The Bertz CT molecular complexity index is 459. The van der Waals surface area contributed by atoms with Crippen molar-refractivity contribution in [2.24, 2.45) is 0 Å². The van der Waals surface area contributed by atoms with E-state index in [2.05, 4.69) is 4.98 Å². The van der Waals surface area contributed by atoms with E-state index in [1.807, 2.05) is 12.1 Å². The summed E-state index contributed by atoms with van der Waals surface area (Å²) in [6.45, 7) is 0.471. The van der Waals surface area contributed by atoms with Gasteiger partial charge in [0.2, 0.25) is 0 Å². The van der Waals surface area contributed by atoms with Crippen LogP contribution < -0.4 is 4.74 Å². The van der Waals surface area contributed by atoms with Gasteiger partial charge in [0.05, 0.1) is 21.3 Å². The minimum absolute atomic E-state index is 0.387. The highest BCUT2D eigenvalue weighted by molar-refractivity contribution is 7.09. The molecule has 0 unspecified atom stereocenters. The second-order valence-electron chi connectivity index (χ2n) is 3.12. The number of rotatable bonds is 4. The number of thiazole rings is 1.